The highest BCUT2D eigenvalue weighted by Gasteiger charge is 2.62. The highest BCUT2D eigenvalue weighted by atomic mass is 28.4. The van der Waals surface area contributed by atoms with Crippen LogP contribution in [0.15, 0.2) is 0 Å². The third-order valence-electron chi connectivity index (χ3n) is 7.21. The first-order chi connectivity index (χ1) is 10.8. The van der Waals surface area contributed by atoms with E-state index in [2.05, 4.69) is 47.7 Å². The van der Waals surface area contributed by atoms with E-state index in [1.165, 1.54) is 0 Å². The van der Waals surface area contributed by atoms with Gasteiger partial charge in [0.25, 0.3) is 0 Å². The Labute approximate surface area is 147 Å². The zero-order valence-electron chi connectivity index (χ0n) is 16.3. The first-order valence-corrected chi connectivity index (χ1v) is 12.1. The van der Waals surface area contributed by atoms with Gasteiger partial charge in [0.1, 0.15) is 5.78 Å². The highest BCUT2D eigenvalue weighted by Crippen LogP contribution is 2.63. The van der Waals surface area contributed by atoms with Gasteiger partial charge in [0, 0.05) is 18.4 Å². The molecule has 3 fully saturated rings. The fourth-order valence-corrected chi connectivity index (χ4v) is 5.53. The Hall–Kier alpha value is -0.683. The molecule has 0 amide bonds. The summed E-state index contributed by atoms with van der Waals surface area (Å²) in [4.78, 5) is 24.0. The van der Waals surface area contributed by atoms with Crippen LogP contribution in [0.2, 0.25) is 18.1 Å². The quantitative estimate of drug-likeness (QED) is 0.720. The Kier molecular flexibility index (Phi) is 5.11. The molecule has 4 nitrogen and oxygen atoms in total. The SMILES string of the molecule is CC1(C)C2CC1C(CC(=O)O)C(=O)C2CCO[Si](C)(C)C(C)(C)C. The third-order valence-corrected chi connectivity index (χ3v) is 11.8. The van der Waals surface area contributed by atoms with Gasteiger partial charge in [0.15, 0.2) is 8.32 Å². The number of carboxylic acids is 1. The summed E-state index contributed by atoms with van der Waals surface area (Å²) in [6, 6.07) is 0. The lowest BCUT2D eigenvalue weighted by molar-refractivity contribution is -0.176. The molecule has 0 aromatic rings. The number of carbonyl (C=O) groups is 2. The third kappa shape index (κ3) is 3.34. The summed E-state index contributed by atoms with van der Waals surface area (Å²) >= 11 is 0. The number of hydrogen-bond acceptors (Lipinski definition) is 3. The van der Waals surface area contributed by atoms with E-state index in [0.717, 1.165) is 12.8 Å². The van der Waals surface area contributed by atoms with Crippen LogP contribution >= 0.6 is 0 Å². The van der Waals surface area contributed by atoms with Crippen molar-refractivity contribution in [3.63, 3.8) is 0 Å². The first kappa shape index (κ1) is 19.6. The molecule has 5 heteroatoms. The molecule has 0 saturated heterocycles. The van der Waals surface area contributed by atoms with Crippen molar-refractivity contribution in [2.24, 2.45) is 29.1 Å². The Balaban J connectivity index is 2.04. The van der Waals surface area contributed by atoms with Crippen molar-refractivity contribution in [1.82, 2.24) is 0 Å². The van der Waals surface area contributed by atoms with Crippen LogP contribution in [-0.2, 0) is 14.0 Å². The van der Waals surface area contributed by atoms with E-state index in [1.807, 2.05) is 0 Å². The van der Waals surface area contributed by atoms with E-state index >= 15 is 0 Å². The molecule has 4 atom stereocenters. The van der Waals surface area contributed by atoms with Crippen LogP contribution in [0.3, 0.4) is 0 Å². The summed E-state index contributed by atoms with van der Waals surface area (Å²) in [6.07, 6.45) is 1.73. The number of carboxylic acid groups (broad SMARTS) is 1. The lowest BCUT2D eigenvalue weighted by Gasteiger charge is -2.62. The molecule has 0 radical (unpaired) electrons. The van der Waals surface area contributed by atoms with Crippen LogP contribution in [-0.4, -0.2) is 31.8 Å². The zero-order valence-corrected chi connectivity index (χ0v) is 17.3. The minimum atomic E-state index is -1.80. The Bertz CT molecular complexity index is 518. The molecule has 24 heavy (non-hydrogen) atoms. The van der Waals surface area contributed by atoms with Crippen LogP contribution in [0.4, 0.5) is 0 Å². The van der Waals surface area contributed by atoms with Crippen molar-refractivity contribution in [1.29, 1.82) is 0 Å². The zero-order chi connectivity index (χ0) is 18.5. The second-order valence-corrected chi connectivity index (χ2v) is 14.7. The van der Waals surface area contributed by atoms with Gasteiger partial charge in [-0.1, -0.05) is 34.6 Å². The standard InChI is InChI=1S/C19H34O4Si/c1-18(2,3)24(6,7)23-9-8-12-14-11-15(19(14,4)5)13(17(12)22)10-16(20)21/h12-15H,8-11H2,1-7H3,(H,20,21). The van der Waals surface area contributed by atoms with Gasteiger partial charge >= 0.3 is 5.97 Å². The Morgan fingerprint density at radius 2 is 1.79 bits per heavy atom. The van der Waals surface area contributed by atoms with Crippen LogP contribution in [0.5, 0.6) is 0 Å². The van der Waals surface area contributed by atoms with Crippen LogP contribution < -0.4 is 0 Å². The lowest BCUT2D eigenvalue weighted by atomic mass is 9.41. The normalized spacial score (nSPS) is 32.4. The van der Waals surface area contributed by atoms with Crippen molar-refractivity contribution in [2.75, 3.05) is 6.61 Å². The smallest absolute Gasteiger partial charge is 0.304 e. The molecule has 3 saturated carbocycles. The summed E-state index contributed by atoms with van der Waals surface area (Å²) in [7, 11) is -1.80. The van der Waals surface area contributed by atoms with Gasteiger partial charge in [-0.2, -0.15) is 0 Å². The van der Waals surface area contributed by atoms with Gasteiger partial charge < -0.3 is 9.53 Å². The second-order valence-electron chi connectivity index (χ2n) is 9.88. The Morgan fingerprint density at radius 3 is 2.25 bits per heavy atom. The van der Waals surface area contributed by atoms with E-state index in [0.29, 0.717) is 12.5 Å². The number of carbonyl (C=O) groups excluding carboxylic acids is 1. The van der Waals surface area contributed by atoms with Gasteiger partial charge in [-0.3, -0.25) is 9.59 Å². The number of rotatable bonds is 6. The molecule has 4 unspecified atom stereocenters. The molecule has 0 aromatic heterocycles. The van der Waals surface area contributed by atoms with E-state index in [-0.39, 0.29) is 40.4 Å². The van der Waals surface area contributed by atoms with Gasteiger partial charge in [-0.05, 0) is 48.2 Å². The highest BCUT2D eigenvalue weighted by molar-refractivity contribution is 6.74. The summed E-state index contributed by atoms with van der Waals surface area (Å²) < 4.78 is 6.27. The van der Waals surface area contributed by atoms with Gasteiger partial charge in [0.2, 0.25) is 0 Å². The van der Waals surface area contributed by atoms with Crippen molar-refractivity contribution >= 4 is 20.1 Å². The van der Waals surface area contributed by atoms with E-state index in [9.17, 15) is 14.7 Å². The van der Waals surface area contributed by atoms with Crippen LogP contribution in [0.1, 0.15) is 53.9 Å². The lowest BCUT2D eigenvalue weighted by Crippen LogP contribution is -2.61. The van der Waals surface area contributed by atoms with Crippen molar-refractivity contribution < 1.29 is 19.1 Å². The number of hydrogen-bond donors (Lipinski definition) is 1. The summed E-state index contributed by atoms with van der Waals surface area (Å²) in [6.45, 7) is 16.1. The molecule has 3 aliphatic rings. The van der Waals surface area contributed by atoms with Crippen molar-refractivity contribution in [3.05, 3.63) is 0 Å². The fourth-order valence-electron chi connectivity index (χ4n) is 4.46. The molecule has 3 aliphatic carbocycles. The van der Waals surface area contributed by atoms with Gasteiger partial charge in [-0.15, -0.1) is 0 Å². The van der Waals surface area contributed by atoms with E-state index < -0.39 is 14.3 Å². The second kappa shape index (κ2) is 6.24. The molecule has 2 bridgehead atoms. The molecule has 0 heterocycles. The van der Waals surface area contributed by atoms with Crippen molar-refractivity contribution in [2.45, 2.75) is 72.0 Å². The molecular formula is C19H34O4Si. The van der Waals surface area contributed by atoms with Gasteiger partial charge in [0.05, 0.1) is 6.42 Å². The summed E-state index contributed by atoms with van der Waals surface area (Å²) in [5, 5.41) is 9.34. The maximum absolute atomic E-state index is 12.8. The predicted molar refractivity (Wildman–Crippen MR) is 97.4 cm³/mol. The van der Waals surface area contributed by atoms with Crippen molar-refractivity contribution in [3.8, 4) is 0 Å². The number of Topliss-reactive ketones (excluding diaryl/α,β-unsaturated/α-hetero) is 1. The minimum absolute atomic E-state index is 0.0146. The molecule has 0 spiro atoms. The number of ketones is 1. The topological polar surface area (TPSA) is 63.6 Å². The molecule has 3 rings (SSSR count). The number of fused-ring (bicyclic) bond motifs is 2. The predicted octanol–water partition coefficient (Wildman–Crippen LogP) is 4.35. The van der Waals surface area contributed by atoms with E-state index in [1.54, 1.807) is 0 Å². The van der Waals surface area contributed by atoms with E-state index in [4.69, 9.17) is 4.43 Å². The van der Waals surface area contributed by atoms with Crippen LogP contribution in [0, 0.1) is 29.1 Å². The Morgan fingerprint density at radius 1 is 1.25 bits per heavy atom. The molecule has 1 N–H and O–H groups in total. The number of aliphatic carboxylic acids is 1. The molecular weight excluding hydrogens is 320 g/mol. The molecule has 0 aromatic carbocycles. The summed E-state index contributed by atoms with van der Waals surface area (Å²) in [5.41, 5.74) is 0.0790. The summed E-state index contributed by atoms with van der Waals surface area (Å²) in [5.74, 6) is -0.381. The van der Waals surface area contributed by atoms with Crippen LogP contribution in [0.25, 0.3) is 0 Å². The first-order valence-electron chi connectivity index (χ1n) is 9.18. The van der Waals surface area contributed by atoms with Gasteiger partial charge in [-0.25, -0.2) is 0 Å². The minimum Gasteiger partial charge on any atom is -0.481 e. The molecule has 138 valence electrons. The average molecular weight is 355 g/mol. The maximum atomic E-state index is 12.8. The average Bonchev–Trinajstić information content (AvgIpc) is 2.39. The molecule has 0 aliphatic heterocycles. The fraction of sp³-hybridized carbons (Fsp3) is 0.895. The largest absolute Gasteiger partial charge is 0.481 e. The maximum Gasteiger partial charge on any atom is 0.304 e. The monoisotopic (exact) mass is 354 g/mol.